The lowest BCUT2D eigenvalue weighted by Gasteiger charge is -2.10. The van der Waals surface area contributed by atoms with Crippen LogP contribution in [0.1, 0.15) is 50.1 Å². The average Bonchev–Trinajstić information content (AvgIpc) is 3.18. The van der Waals surface area contributed by atoms with Crippen LogP contribution < -0.4 is 10.6 Å². The quantitative estimate of drug-likeness (QED) is 0.598. The molecule has 0 atom stereocenters. The molecule has 2 aromatic heterocycles. The van der Waals surface area contributed by atoms with Gasteiger partial charge in [-0.2, -0.15) is 0 Å². The first-order valence-electron chi connectivity index (χ1n) is 7.97. The van der Waals surface area contributed by atoms with E-state index in [2.05, 4.69) is 57.0 Å². The molecule has 8 heteroatoms. The van der Waals surface area contributed by atoms with Crippen LogP contribution >= 0.6 is 11.3 Å². The molecule has 2 aromatic rings. The average molecular weight is 335 g/mol. The number of nitrogens with one attached hydrogen (secondary N) is 2. The highest BCUT2D eigenvalue weighted by Crippen LogP contribution is 2.17. The predicted molar refractivity (Wildman–Crippen MR) is 93.6 cm³/mol. The summed E-state index contributed by atoms with van der Waals surface area (Å²) in [6.45, 7) is 11.2. The van der Waals surface area contributed by atoms with Crippen molar-refractivity contribution in [3.63, 3.8) is 0 Å². The summed E-state index contributed by atoms with van der Waals surface area (Å²) in [7, 11) is 0. The van der Waals surface area contributed by atoms with Crippen molar-refractivity contribution < 1.29 is 0 Å². The third-order valence-corrected chi connectivity index (χ3v) is 4.19. The summed E-state index contributed by atoms with van der Waals surface area (Å²) in [6.07, 6.45) is 1.73. The third-order valence-electron chi connectivity index (χ3n) is 3.33. The smallest absolute Gasteiger partial charge is 0.192 e. The molecule has 126 valence electrons. The maximum absolute atomic E-state index is 4.63. The number of aliphatic imine (C=N–C) groups is 1. The lowest BCUT2D eigenvalue weighted by atomic mass is 10.2. The summed E-state index contributed by atoms with van der Waals surface area (Å²) >= 11 is 1.68. The zero-order chi connectivity index (χ0) is 16.7. The fourth-order valence-corrected chi connectivity index (χ4v) is 2.88. The minimum absolute atomic E-state index is 0.460. The summed E-state index contributed by atoms with van der Waals surface area (Å²) in [5.74, 6) is 2.09. The summed E-state index contributed by atoms with van der Waals surface area (Å²) in [6, 6.07) is 0. The first kappa shape index (κ1) is 17.4. The molecule has 2 N–H and O–H groups in total. The second-order valence-corrected chi connectivity index (χ2v) is 6.35. The molecule has 0 aliphatic rings. The molecule has 0 bridgehead atoms. The van der Waals surface area contributed by atoms with Crippen LogP contribution in [0, 0.1) is 0 Å². The number of rotatable bonds is 7. The van der Waals surface area contributed by atoms with Crippen LogP contribution in [0.15, 0.2) is 16.7 Å². The Morgan fingerprint density at radius 1 is 1.35 bits per heavy atom. The molecule has 0 aliphatic carbocycles. The van der Waals surface area contributed by atoms with E-state index in [1.54, 1.807) is 17.7 Å². The van der Waals surface area contributed by atoms with Gasteiger partial charge in [0.25, 0.3) is 0 Å². The Labute approximate surface area is 141 Å². The van der Waals surface area contributed by atoms with Gasteiger partial charge in [0.1, 0.15) is 17.9 Å². The third kappa shape index (κ3) is 5.02. The van der Waals surface area contributed by atoms with Gasteiger partial charge in [-0.1, -0.05) is 13.8 Å². The SMILES string of the molecule is CCNC(=NCc1nncn1CC)NCc1nc(C(C)C)cs1. The molecule has 0 saturated carbocycles. The Balaban J connectivity index is 1.96. The van der Waals surface area contributed by atoms with E-state index in [9.17, 15) is 0 Å². The molecule has 23 heavy (non-hydrogen) atoms. The molecular weight excluding hydrogens is 310 g/mol. The van der Waals surface area contributed by atoms with E-state index in [1.165, 1.54) is 0 Å². The van der Waals surface area contributed by atoms with Gasteiger partial charge in [-0.15, -0.1) is 21.5 Å². The number of hydrogen-bond donors (Lipinski definition) is 2. The fraction of sp³-hybridized carbons (Fsp3) is 0.600. The van der Waals surface area contributed by atoms with Gasteiger partial charge in [0.2, 0.25) is 0 Å². The van der Waals surface area contributed by atoms with Crippen LogP contribution in [0.4, 0.5) is 0 Å². The molecule has 0 fully saturated rings. The number of guanidine groups is 1. The number of nitrogens with zero attached hydrogens (tertiary/aromatic N) is 5. The molecule has 0 spiro atoms. The maximum atomic E-state index is 4.63. The number of aryl methyl sites for hydroxylation is 1. The Kier molecular flexibility index (Phi) is 6.52. The Morgan fingerprint density at radius 3 is 2.83 bits per heavy atom. The van der Waals surface area contributed by atoms with Crippen molar-refractivity contribution in [2.24, 2.45) is 4.99 Å². The van der Waals surface area contributed by atoms with Crippen molar-refractivity contribution in [1.29, 1.82) is 0 Å². The number of hydrogen-bond acceptors (Lipinski definition) is 5. The van der Waals surface area contributed by atoms with Crippen molar-refractivity contribution in [2.45, 2.75) is 53.2 Å². The van der Waals surface area contributed by atoms with E-state index in [1.807, 2.05) is 11.5 Å². The van der Waals surface area contributed by atoms with Crippen molar-refractivity contribution in [2.75, 3.05) is 6.54 Å². The van der Waals surface area contributed by atoms with E-state index in [-0.39, 0.29) is 0 Å². The van der Waals surface area contributed by atoms with Gasteiger partial charge in [-0.05, 0) is 19.8 Å². The normalized spacial score (nSPS) is 12.0. The molecule has 0 aromatic carbocycles. The monoisotopic (exact) mass is 335 g/mol. The minimum atomic E-state index is 0.460. The summed E-state index contributed by atoms with van der Waals surface area (Å²) in [5, 5.41) is 17.8. The minimum Gasteiger partial charge on any atom is -0.357 e. The van der Waals surface area contributed by atoms with Crippen molar-refractivity contribution in [1.82, 2.24) is 30.4 Å². The van der Waals surface area contributed by atoms with Gasteiger partial charge in [-0.3, -0.25) is 0 Å². The summed E-state index contributed by atoms with van der Waals surface area (Å²) in [5.41, 5.74) is 1.14. The zero-order valence-electron chi connectivity index (χ0n) is 14.2. The van der Waals surface area contributed by atoms with E-state index in [4.69, 9.17) is 0 Å². The molecular formula is C15H25N7S. The van der Waals surface area contributed by atoms with Gasteiger partial charge in [0.15, 0.2) is 11.8 Å². The topological polar surface area (TPSA) is 80.0 Å². The van der Waals surface area contributed by atoms with Gasteiger partial charge >= 0.3 is 0 Å². The first-order chi connectivity index (χ1) is 11.1. The van der Waals surface area contributed by atoms with Crippen molar-refractivity contribution >= 4 is 17.3 Å². The van der Waals surface area contributed by atoms with Gasteiger partial charge in [-0.25, -0.2) is 9.98 Å². The van der Waals surface area contributed by atoms with Crippen LogP contribution in [-0.2, 0) is 19.6 Å². The lowest BCUT2D eigenvalue weighted by molar-refractivity contribution is 0.693. The summed E-state index contributed by atoms with van der Waals surface area (Å²) < 4.78 is 1.99. The van der Waals surface area contributed by atoms with Crippen LogP contribution in [0.25, 0.3) is 0 Å². The van der Waals surface area contributed by atoms with Crippen molar-refractivity contribution in [3.8, 4) is 0 Å². The van der Waals surface area contributed by atoms with Crippen LogP contribution in [0.5, 0.6) is 0 Å². The first-order valence-corrected chi connectivity index (χ1v) is 8.85. The maximum Gasteiger partial charge on any atom is 0.192 e. The van der Waals surface area contributed by atoms with Crippen LogP contribution in [0.2, 0.25) is 0 Å². The molecule has 7 nitrogen and oxygen atoms in total. The van der Waals surface area contributed by atoms with E-state index < -0.39 is 0 Å². The molecule has 0 aliphatic heterocycles. The molecule has 0 saturated heterocycles. The Hall–Kier alpha value is -1.96. The van der Waals surface area contributed by atoms with Crippen LogP contribution in [0.3, 0.4) is 0 Å². The lowest BCUT2D eigenvalue weighted by Crippen LogP contribution is -2.36. The fourth-order valence-electron chi connectivity index (χ4n) is 1.99. The largest absolute Gasteiger partial charge is 0.357 e. The van der Waals surface area contributed by atoms with Crippen molar-refractivity contribution in [3.05, 3.63) is 28.2 Å². The second kappa shape index (κ2) is 8.61. The number of thiazole rings is 1. The molecule has 2 heterocycles. The standard InChI is InChI=1S/C15H25N7S/c1-5-16-15(17-7-13-21-19-10-22(13)6-2)18-8-14-20-12(9-23-14)11(3)4/h9-11H,5-8H2,1-4H3,(H2,16,17,18). The zero-order valence-corrected chi connectivity index (χ0v) is 15.0. The van der Waals surface area contributed by atoms with Crippen LogP contribution in [-0.4, -0.2) is 32.3 Å². The highest BCUT2D eigenvalue weighted by Gasteiger charge is 2.07. The summed E-state index contributed by atoms with van der Waals surface area (Å²) in [4.78, 5) is 9.20. The van der Waals surface area contributed by atoms with E-state index in [0.717, 1.165) is 35.6 Å². The Bertz CT molecular complexity index is 629. The predicted octanol–water partition coefficient (Wildman–Crippen LogP) is 2.13. The van der Waals surface area contributed by atoms with Gasteiger partial charge < -0.3 is 15.2 Å². The van der Waals surface area contributed by atoms with E-state index in [0.29, 0.717) is 19.0 Å². The van der Waals surface area contributed by atoms with Gasteiger partial charge in [0, 0.05) is 18.5 Å². The molecule has 0 radical (unpaired) electrons. The molecule has 2 rings (SSSR count). The number of aromatic nitrogens is 4. The Morgan fingerprint density at radius 2 is 2.17 bits per heavy atom. The molecule has 0 amide bonds. The molecule has 0 unspecified atom stereocenters. The second-order valence-electron chi connectivity index (χ2n) is 5.40. The highest BCUT2D eigenvalue weighted by molar-refractivity contribution is 7.09. The van der Waals surface area contributed by atoms with Gasteiger partial charge in [0.05, 0.1) is 12.2 Å². The van der Waals surface area contributed by atoms with E-state index >= 15 is 0 Å². The highest BCUT2D eigenvalue weighted by atomic mass is 32.1.